The van der Waals surface area contributed by atoms with E-state index in [9.17, 15) is 0 Å². The second-order valence-corrected chi connectivity index (χ2v) is 1.59. The van der Waals surface area contributed by atoms with Crippen molar-refractivity contribution < 1.29 is 5.11 Å². The van der Waals surface area contributed by atoms with Crippen LogP contribution in [0.4, 0.5) is 0 Å². The average Bonchev–Trinajstić information content (AvgIpc) is 1.77. The Morgan fingerprint density at radius 2 is 1.56 bits per heavy atom. The second kappa shape index (κ2) is 4.52. The maximum atomic E-state index is 8.70. The molecule has 0 saturated heterocycles. The third-order valence-corrected chi connectivity index (χ3v) is 0.893. The number of hydrogen-bond donors (Lipinski definition) is 1. The van der Waals surface area contributed by atoms with Gasteiger partial charge >= 0.3 is 0 Å². The molecule has 3 heteroatoms. The summed E-state index contributed by atoms with van der Waals surface area (Å²) in [6.07, 6.45) is 0. The van der Waals surface area contributed by atoms with Gasteiger partial charge in [-0.25, -0.2) is 0 Å². The van der Waals surface area contributed by atoms with Crippen molar-refractivity contribution in [1.29, 1.82) is 0 Å². The maximum Gasteiger partial charge on any atom is 0.115 e. The molecule has 1 N–H and O–H groups in total. The number of hydrogen-bond acceptors (Lipinski definition) is 1. The van der Waals surface area contributed by atoms with Crippen LogP contribution in [-0.4, -0.2) is 64.3 Å². The Bertz CT molecular complexity index is 152. The van der Waals surface area contributed by atoms with Crippen molar-refractivity contribution >= 4 is 64.7 Å². The maximum absolute atomic E-state index is 8.70. The van der Waals surface area contributed by atoms with E-state index < -0.39 is 0 Å². The van der Waals surface area contributed by atoms with Crippen molar-refractivity contribution in [3.8, 4) is 5.75 Å². The number of rotatable bonds is 0. The molecule has 1 aromatic rings. The fourth-order valence-electron chi connectivity index (χ4n) is 0.474. The summed E-state index contributed by atoms with van der Waals surface area (Å²) in [4.78, 5) is 0. The average molecular weight is 143 g/mol. The minimum atomic E-state index is 0. The first-order valence-corrected chi connectivity index (χ1v) is 2.33. The molecular formula is C6H5BKO. The summed E-state index contributed by atoms with van der Waals surface area (Å²) < 4.78 is 0. The first kappa shape index (κ1) is 9.72. The van der Waals surface area contributed by atoms with Crippen molar-refractivity contribution in [2.45, 2.75) is 0 Å². The van der Waals surface area contributed by atoms with Gasteiger partial charge in [0.1, 0.15) is 13.6 Å². The first-order chi connectivity index (χ1) is 3.79. The summed E-state index contributed by atoms with van der Waals surface area (Å²) in [5.74, 6) is 0.249. The van der Waals surface area contributed by atoms with E-state index in [1.165, 1.54) is 0 Å². The van der Waals surface area contributed by atoms with Crippen molar-refractivity contribution in [3.63, 3.8) is 0 Å². The summed E-state index contributed by atoms with van der Waals surface area (Å²) in [5.41, 5.74) is 0.669. The summed E-state index contributed by atoms with van der Waals surface area (Å²) >= 11 is 0. The molecule has 0 heterocycles. The molecule has 0 atom stereocenters. The van der Waals surface area contributed by atoms with Crippen LogP contribution in [0.15, 0.2) is 24.3 Å². The SMILES string of the molecule is [B]c1ccc(O)cc1.[K]. The van der Waals surface area contributed by atoms with Crippen LogP contribution in [0.25, 0.3) is 0 Å². The van der Waals surface area contributed by atoms with Gasteiger partial charge in [0.15, 0.2) is 0 Å². The number of aromatic hydroxyl groups is 1. The molecule has 0 fully saturated rings. The van der Waals surface area contributed by atoms with Crippen molar-refractivity contribution in [3.05, 3.63) is 24.3 Å². The van der Waals surface area contributed by atoms with Crippen LogP contribution in [0.2, 0.25) is 0 Å². The van der Waals surface area contributed by atoms with Crippen LogP contribution in [0.3, 0.4) is 0 Å². The molecule has 1 aromatic carbocycles. The van der Waals surface area contributed by atoms with Gasteiger partial charge < -0.3 is 5.11 Å². The van der Waals surface area contributed by atoms with E-state index in [0.29, 0.717) is 5.46 Å². The van der Waals surface area contributed by atoms with E-state index in [1.54, 1.807) is 24.3 Å². The molecule has 0 spiro atoms. The molecule has 0 bridgehead atoms. The molecule has 0 aliphatic heterocycles. The van der Waals surface area contributed by atoms with Crippen LogP contribution in [0.1, 0.15) is 0 Å². The molecule has 0 aliphatic carbocycles. The van der Waals surface area contributed by atoms with E-state index in [4.69, 9.17) is 13.0 Å². The Balaban J connectivity index is 0.000000640. The van der Waals surface area contributed by atoms with E-state index >= 15 is 0 Å². The van der Waals surface area contributed by atoms with Crippen molar-refractivity contribution in [2.24, 2.45) is 0 Å². The standard InChI is InChI=1S/C6H5BO.K/c7-5-1-3-6(8)4-2-5;/h1-4,8H;. The Morgan fingerprint density at radius 1 is 1.11 bits per heavy atom. The Kier molecular flexibility index (Phi) is 4.89. The van der Waals surface area contributed by atoms with Crippen molar-refractivity contribution in [1.82, 2.24) is 0 Å². The van der Waals surface area contributed by atoms with Crippen LogP contribution >= 0.6 is 0 Å². The number of phenolic OH excluding ortho intramolecular Hbond substituents is 1. The van der Waals surface area contributed by atoms with Gasteiger partial charge in [0.25, 0.3) is 0 Å². The Morgan fingerprint density at radius 3 is 1.89 bits per heavy atom. The topological polar surface area (TPSA) is 20.2 Å². The largest absolute Gasteiger partial charge is 0.508 e. The minimum Gasteiger partial charge on any atom is -0.508 e. The third-order valence-electron chi connectivity index (χ3n) is 0.893. The van der Waals surface area contributed by atoms with Gasteiger partial charge in [0.2, 0.25) is 0 Å². The predicted molar refractivity (Wildman–Crippen MR) is 39.2 cm³/mol. The molecule has 3 radical (unpaired) electrons. The van der Waals surface area contributed by atoms with Gasteiger partial charge in [-0.3, -0.25) is 0 Å². The second-order valence-electron chi connectivity index (χ2n) is 1.59. The molecule has 0 unspecified atom stereocenters. The van der Waals surface area contributed by atoms with Gasteiger partial charge in [-0.2, -0.15) is 0 Å². The van der Waals surface area contributed by atoms with Gasteiger partial charge in [-0.05, 0) is 12.1 Å². The number of phenols is 1. The molecule has 9 heavy (non-hydrogen) atoms. The predicted octanol–water partition coefficient (Wildman–Crippen LogP) is -0.195. The molecule has 0 saturated carbocycles. The molecule has 0 aromatic heterocycles. The third kappa shape index (κ3) is 3.43. The Labute approximate surface area is 98.3 Å². The smallest absolute Gasteiger partial charge is 0.115 e. The summed E-state index contributed by atoms with van der Waals surface area (Å²) in [7, 11) is 5.32. The number of benzene rings is 1. The fourth-order valence-corrected chi connectivity index (χ4v) is 0.474. The minimum absolute atomic E-state index is 0. The monoisotopic (exact) mass is 143 g/mol. The van der Waals surface area contributed by atoms with Crippen LogP contribution in [0.5, 0.6) is 5.75 Å². The van der Waals surface area contributed by atoms with Crippen LogP contribution < -0.4 is 5.46 Å². The summed E-state index contributed by atoms with van der Waals surface area (Å²) in [6, 6.07) is 6.40. The summed E-state index contributed by atoms with van der Waals surface area (Å²) in [5, 5.41) is 8.70. The van der Waals surface area contributed by atoms with Gasteiger partial charge in [-0.15, -0.1) is 0 Å². The first-order valence-electron chi connectivity index (χ1n) is 2.33. The van der Waals surface area contributed by atoms with Gasteiger partial charge in [0.05, 0.1) is 0 Å². The molecular weight excluding hydrogens is 138 g/mol. The molecule has 0 amide bonds. The van der Waals surface area contributed by atoms with Gasteiger partial charge in [0, 0.05) is 51.4 Å². The van der Waals surface area contributed by atoms with Crippen LogP contribution in [-0.2, 0) is 0 Å². The van der Waals surface area contributed by atoms with Gasteiger partial charge in [-0.1, -0.05) is 17.6 Å². The quantitative estimate of drug-likeness (QED) is 0.499. The molecule has 1 nitrogen and oxygen atoms in total. The normalized spacial score (nSPS) is 8.00. The zero-order valence-electron chi connectivity index (χ0n) is 5.33. The molecule has 0 aliphatic rings. The zero-order valence-corrected chi connectivity index (χ0v) is 8.46. The Hall–Kier alpha value is 0.721. The van der Waals surface area contributed by atoms with E-state index in [0.717, 1.165) is 0 Å². The zero-order chi connectivity index (χ0) is 5.98. The van der Waals surface area contributed by atoms with Crippen molar-refractivity contribution in [2.75, 3.05) is 0 Å². The summed E-state index contributed by atoms with van der Waals surface area (Å²) in [6.45, 7) is 0. The van der Waals surface area contributed by atoms with E-state index in [-0.39, 0.29) is 57.1 Å². The fraction of sp³-hybridized carbons (Fsp3) is 0. The van der Waals surface area contributed by atoms with Crippen LogP contribution in [0, 0.1) is 0 Å². The molecule has 1 rings (SSSR count). The molecule has 39 valence electrons. The van der Waals surface area contributed by atoms with E-state index in [2.05, 4.69) is 0 Å². The van der Waals surface area contributed by atoms with E-state index in [1.807, 2.05) is 0 Å².